The van der Waals surface area contributed by atoms with Crippen LogP contribution in [-0.2, 0) is 12.4 Å². The summed E-state index contributed by atoms with van der Waals surface area (Å²) in [6, 6.07) is 8.12. The summed E-state index contributed by atoms with van der Waals surface area (Å²) in [4.78, 5) is 4.47. The minimum absolute atomic E-state index is 0.0923. The molecule has 5 unspecified atom stereocenters. The summed E-state index contributed by atoms with van der Waals surface area (Å²) >= 11 is 5.51. The number of hydrogen-bond donors (Lipinski definition) is 3. The first-order valence-corrected chi connectivity index (χ1v) is 14.3. The van der Waals surface area contributed by atoms with Crippen LogP contribution in [0.4, 0.5) is 32.0 Å². The lowest BCUT2D eigenvalue weighted by Crippen LogP contribution is -2.46. The Morgan fingerprint density at radius 3 is 2.40 bits per heavy atom. The summed E-state index contributed by atoms with van der Waals surface area (Å²) in [6.45, 7) is 3.00. The lowest BCUT2D eigenvalue weighted by Gasteiger charge is -2.45. The van der Waals surface area contributed by atoms with E-state index in [1.807, 2.05) is 18.2 Å². The number of hydrogen-bond acceptors (Lipinski definition) is 4. The van der Waals surface area contributed by atoms with Crippen molar-refractivity contribution in [2.45, 2.75) is 57.0 Å². The molecule has 3 aromatic rings. The number of fused-ring (bicyclic) bond motifs is 2. The molecule has 1 aromatic heterocycles. The number of nitrogens with zero attached hydrogens (tertiary/aromatic N) is 1. The summed E-state index contributed by atoms with van der Waals surface area (Å²) in [6.07, 6.45) is -4.11. The number of alkyl halides is 6. The molecule has 0 radical (unpaired) electrons. The molecule has 5 nitrogen and oxygen atoms in total. The third-order valence-electron chi connectivity index (χ3n) is 8.63. The molecule has 0 bridgehead atoms. The molecule has 1 saturated carbocycles. The van der Waals surface area contributed by atoms with Gasteiger partial charge in [-0.15, -0.1) is 0 Å². The number of benzene rings is 2. The van der Waals surface area contributed by atoms with Gasteiger partial charge in [-0.25, -0.2) is 0 Å². The first-order valence-electron chi connectivity index (χ1n) is 13.9. The number of nitrogens with one attached hydrogen (secondary N) is 3. The molecule has 0 amide bonds. The Hall–Kier alpha value is -3.12. The molecule has 1 saturated heterocycles. The molecule has 2 fully saturated rings. The van der Waals surface area contributed by atoms with Gasteiger partial charge in [-0.3, -0.25) is 4.98 Å². The van der Waals surface area contributed by atoms with E-state index in [-0.39, 0.29) is 17.2 Å². The van der Waals surface area contributed by atoms with Crippen molar-refractivity contribution in [1.82, 2.24) is 15.6 Å². The quantitative estimate of drug-likeness (QED) is 0.196. The van der Waals surface area contributed by atoms with Gasteiger partial charge in [0.15, 0.2) is 5.11 Å². The van der Waals surface area contributed by atoms with Crippen LogP contribution in [0.3, 0.4) is 0 Å². The van der Waals surface area contributed by atoms with Gasteiger partial charge in [-0.2, -0.15) is 26.3 Å². The van der Waals surface area contributed by atoms with Gasteiger partial charge in [-0.1, -0.05) is 13.3 Å². The number of thiocarbonyl (C=S) groups is 1. The van der Waals surface area contributed by atoms with E-state index in [2.05, 4.69) is 27.9 Å². The van der Waals surface area contributed by atoms with Gasteiger partial charge in [-0.05, 0) is 104 Å². The van der Waals surface area contributed by atoms with Crippen LogP contribution in [-0.4, -0.2) is 29.8 Å². The Bertz CT molecular complexity index is 1410. The zero-order valence-electron chi connectivity index (χ0n) is 23.1. The average Bonchev–Trinajstić information content (AvgIpc) is 3.09. The van der Waals surface area contributed by atoms with Gasteiger partial charge >= 0.3 is 12.4 Å². The van der Waals surface area contributed by atoms with Crippen LogP contribution >= 0.6 is 12.2 Å². The van der Waals surface area contributed by atoms with Crippen LogP contribution in [0.5, 0.6) is 5.75 Å². The Kier molecular flexibility index (Phi) is 8.58. The van der Waals surface area contributed by atoms with Crippen molar-refractivity contribution < 1.29 is 31.1 Å². The maximum atomic E-state index is 13.5. The highest BCUT2D eigenvalue weighted by Gasteiger charge is 2.43. The van der Waals surface area contributed by atoms with Crippen molar-refractivity contribution in [3.8, 4) is 5.75 Å². The van der Waals surface area contributed by atoms with Gasteiger partial charge in [0, 0.05) is 23.3 Å². The van der Waals surface area contributed by atoms with Crippen molar-refractivity contribution in [3.05, 3.63) is 65.4 Å². The smallest absolute Gasteiger partial charge is 0.416 e. The molecule has 5 rings (SSSR count). The second kappa shape index (κ2) is 11.9. The predicted molar refractivity (Wildman–Crippen MR) is 153 cm³/mol. The molecular formula is C30H32F6N4OS. The van der Waals surface area contributed by atoms with Crippen molar-refractivity contribution in [2.75, 3.05) is 19.0 Å². The minimum Gasteiger partial charge on any atom is -0.497 e. The van der Waals surface area contributed by atoms with Crippen LogP contribution in [0.25, 0.3) is 10.9 Å². The van der Waals surface area contributed by atoms with Crippen LogP contribution in [0.1, 0.15) is 55.3 Å². The molecule has 42 heavy (non-hydrogen) atoms. The third kappa shape index (κ3) is 6.44. The lowest BCUT2D eigenvalue weighted by molar-refractivity contribution is -0.143. The van der Waals surface area contributed by atoms with E-state index in [1.54, 1.807) is 19.4 Å². The normalized spacial score (nSPS) is 23.3. The third-order valence-corrected chi connectivity index (χ3v) is 8.85. The van der Waals surface area contributed by atoms with Gasteiger partial charge in [0.25, 0.3) is 0 Å². The number of pyridine rings is 1. The number of methoxy groups -OCH3 is 1. The fourth-order valence-electron chi connectivity index (χ4n) is 6.51. The summed E-state index contributed by atoms with van der Waals surface area (Å²) in [5.74, 6) is 2.46. The zero-order valence-corrected chi connectivity index (χ0v) is 23.9. The van der Waals surface area contributed by atoms with Crippen LogP contribution in [0.15, 0.2) is 48.7 Å². The second-order valence-corrected chi connectivity index (χ2v) is 11.5. The monoisotopic (exact) mass is 610 g/mol. The van der Waals surface area contributed by atoms with Crippen LogP contribution in [0.2, 0.25) is 0 Å². The standard InChI is InChI=1S/C30H32F6N4OS/c1-3-16-10-17-11-26(38-8-6-22(16)17)27(23-7-9-37-25-5-4-21(41-2)15-24(23)25)40-28(42)39-20-13-18(29(31,32)33)12-19(14-20)30(34,35)36/h4-5,7,9,12-17,22,26-27,38H,3,6,8,10-11H2,1-2H3,(H2,39,40,42). The topological polar surface area (TPSA) is 58.2 Å². The fraction of sp³-hybridized carbons (Fsp3) is 0.467. The molecular weight excluding hydrogens is 578 g/mol. The Morgan fingerprint density at radius 1 is 1.05 bits per heavy atom. The largest absolute Gasteiger partial charge is 0.497 e. The Morgan fingerprint density at radius 2 is 1.76 bits per heavy atom. The summed E-state index contributed by atoms with van der Waals surface area (Å²) in [5.41, 5.74) is -1.69. The summed E-state index contributed by atoms with van der Waals surface area (Å²) in [7, 11) is 1.56. The highest BCUT2D eigenvalue weighted by atomic mass is 32.1. The number of aromatic nitrogens is 1. The fourth-order valence-corrected chi connectivity index (χ4v) is 6.76. The molecule has 5 atom stereocenters. The Balaban J connectivity index is 1.49. The van der Waals surface area contributed by atoms with E-state index in [4.69, 9.17) is 17.0 Å². The first-order chi connectivity index (χ1) is 19.9. The first kappa shape index (κ1) is 30.3. The summed E-state index contributed by atoms with van der Waals surface area (Å²) in [5, 5.41) is 10.2. The molecule has 12 heteroatoms. The van der Waals surface area contributed by atoms with Crippen LogP contribution < -0.4 is 20.7 Å². The Labute approximate surface area is 245 Å². The van der Waals surface area contributed by atoms with Crippen molar-refractivity contribution in [2.24, 2.45) is 17.8 Å². The minimum atomic E-state index is -4.97. The van der Waals surface area contributed by atoms with E-state index >= 15 is 0 Å². The van der Waals surface area contributed by atoms with E-state index in [9.17, 15) is 26.3 Å². The average molecular weight is 611 g/mol. The number of ether oxygens (including phenoxy) is 1. The van der Waals surface area contributed by atoms with Gasteiger partial charge in [0.1, 0.15) is 5.75 Å². The molecule has 0 spiro atoms. The molecule has 3 N–H and O–H groups in total. The highest BCUT2D eigenvalue weighted by Crippen LogP contribution is 2.49. The van der Waals surface area contributed by atoms with E-state index < -0.39 is 35.2 Å². The van der Waals surface area contributed by atoms with E-state index in [0.29, 0.717) is 41.2 Å². The maximum Gasteiger partial charge on any atom is 0.416 e. The number of halogens is 6. The molecule has 2 heterocycles. The predicted octanol–water partition coefficient (Wildman–Crippen LogP) is 7.72. The molecule has 1 aliphatic heterocycles. The molecule has 226 valence electrons. The molecule has 1 aliphatic carbocycles. The van der Waals surface area contributed by atoms with E-state index in [0.717, 1.165) is 43.2 Å². The SMILES string of the molecule is CCC1CC2CC(C(NC(=S)Nc3cc(C(F)(F)F)cc(C(F)(F)F)c3)c3ccnc4ccc(OC)cc34)NCCC12. The van der Waals surface area contributed by atoms with Gasteiger partial charge < -0.3 is 20.7 Å². The zero-order chi connectivity index (χ0) is 30.2. The van der Waals surface area contributed by atoms with Crippen LogP contribution in [0, 0.1) is 17.8 Å². The lowest BCUT2D eigenvalue weighted by atomic mass is 9.61. The highest BCUT2D eigenvalue weighted by molar-refractivity contribution is 7.80. The maximum absolute atomic E-state index is 13.5. The van der Waals surface area contributed by atoms with Crippen molar-refractivity contribution >= 4 is 33.9 Å². The summed E-state index contributed by atoms with van der Waals surface area (Å²) < 4.78 is 86.2. The van der Waals surface area contributed by atoms with Crippen molar-refractivity contribution in [3.63, 3.8) is 0 Å². The van der Waals surface area contributed by atoms with Gasteiger partial charge in [0.2, 0.25) is 0 Å². The van der Waals surface area contributed by atoms with Crippen molar-refractivity contribution in [1.29, 1.82) is 0 Å². The molecule has 2 aliphatic rings. The van der Waals surface area contributed by atoms with Gasteiger partial charge in [0.05, 0.1) is 29.8 Å². The number of anilines is 1. The number of rotatable bonds is 6. The molecule has 2 aromatic carbocycles. The second-order valence-electron chi connectivity index (χ2n) is 11.1. The van der Waals surface area contributed by atoms with E-state index in [1.165, 1.54) is 0 Å².